The van der Waals surface area contributed by atoms with Gasteiger partial charge in [-0.2, -0.15) is 0 Å². The maximum Gasteiger partial charge on any atom is 0.263 e. The summed E-state index contributed by atoms with van der Waals surface area (Å²) in [5.74, 6) is 0.645. The molecule has 2 fully saturated rings. The van der Waals surface area contributed by atoms with Crippen LogP contribution in [-0.2, 0) is 9.63 Å². The molecule has 0 aromatic heterocycles. The first-order valence-corrected chi connectivity index (χ1v) is 5.18. The second kappa shape index (κ2) is 3.21. The summed E-state index contributed by atoms with van der Waals surface area (Å²) in [6, 6.07) is 0.226. The normalized spacial score (nSPS) is 36.6. The van der Waals surface area contributed by atoms with Gasteiger partial charge in [-0.25, -0.2) is 5.48 Å². The monoisotopic (exact) mass is 198 g/mol. The summed E-state index contributed by atoms with van der Waals surface area (Å²) in [5.41, 5.74) is 2.80. The molecule has 4 heteroatoms. The fourth-order valence-corrected chi connectivity index (χ4v) is 2.26. The lowest BCUT2D eigenvalue weighted by Crippen LogP contribution is -2.44. The van der Waals surface area contributed by atoms with Crippen LogP contribution in [0.1, 0.15) is 27.2 Å². The van der Waals surface area contributed by atoms with E-state index in [2.05, 4.69) is 31.6 Å². The van der Waals surface area contributed by atoms with E-state index in [1.54, 1.807) is 0 Å². The zero-order chi connectivity index (χ0) is 10.3. The molecule has 2 N–H and O–H groups in total. The number of hydroxylamine groups is 1. The van der Waals surface area contributed by atoms with E-state index in [1.165, 1.54) is 6.42 Å². The van der Waals surface area contributed by atoms with Crippen molar-refractivity contribution in [1.29, 1.82) is 0 Å². The lowest BCUT2D eigenvalue weighted by atomic mass is 10.0. The minimum Gasteiger partial charge on any atom is -0.301 e. The Kier molecular flexibility index (Phi) is 2.27. The second-order valence-corrected chi connectivity index (χ2v) is 5.08. The first-order chi connectivity index (χ1) is 6.50. The topological polar surface area (TPSA) is 50.4 Å². The first kappa shape index (κ1) is 9.93. The molecule has 0 spiro atoms. The largest absolute Gasteiger partial charge is 0.301 e. The fraction of sp³-hybridized carbons (Fsp3) is 0.900. The van der Waals surface area contributed by atoms with Crippen molar-refractivity contribution >= 4 is 5.91 Å². The molecule has 0 bridgehead atoms. The van der Waals surface area contributed by atoms with Crippen LogP contribution in [0, 0.1) is 11.3 Å². The summed E-state index contributed by atoms with van der Waals surface area (Å²) in [7, 11) is 0. The Hall–Kier alpha value is -0.610. The maximum atomic E-state index is 11.2. The molecule has 0 aromatic rings. The van der Waals surface area contributed by atoms with E-state index in [1.807, 2.05) is 0 Å². The van der Waals surface area contributed by atoms with E-state index in [0.717, 1.165) is 0 Å². The maximum absolute atomic E-state index is 11.2. The lowest BCUT2D eigenvalue weighted by Gasteiger charge is -2.17. The Labute approximate surface area is 84.3 Å². The number of carbonyl (C=O) groups is 1. The van der Waals surface area contributed by atoms with Crippen molar-refractivity contribution in [3.8, 4) is 0 Å². The Morgan fingerprint density at radius 3 is 2.71 bits per heavy atom. The van der Waals surface area contributed by atoms with Gasteiger partial charge in [0.05, 0.1) is 6.61 Å². The second-order valence-electron chi connectivity index (χ2n) is 5.08. The molecule has 1 saturated heterocycles. The molecule has 3 atom stereocenters. The summed E-state index contributed by atoms with van der Waals surface area (Å²) < 4.78 is 0. The van der Waals surface area contributed by atoms with Crippen LogP contribution < -0.4 is 10.8 Å². The molecule has 2 aliphatic rings. The molecule has 1 saturated carbocycles. The Morgan fingerprint density at radius 2 is 2.29 bits per heavy atom. The molecule has 1 amide bonds. The van der Waals surface area contributed by atoms with E-state index in [4.69, 9.17) is 4.84 Å². The van der Waals surface area contributed by atoms with Gasteiger partial charge in [-0.1, -0.05) is 13.8 Å². The number of carbonyl (C=O) groups excluding carboxylic acids is 1. The van der Waals surface area contributed by atoms with Crippen molar-refractivity contribution in [1.82, 2.24) is 10.8 Å². The average Bonchev–Trinajstić information content (AvgIpc) is 2.54. The molecule has 1 heterocycles. The van der Waals surface area contributed by atoms with Crippen LogP contribution in [0.25, 0.3) is 0 Å². The zero-order valence-electron chi connectivity index (χ0n) is 8.96. The minimum absolute atomic E-state index is 0.0460. The number of amides is 1. The van der Waals surface area contributed by atoms with Crippen LogP contribution in [0.3, 0.4) is 0 Å². The molecular formula is C10H18N2O2. The van der Waals surface area contributed by atoms with Gasteiger partial charge in [0.2, 0.25) is 0 Å². The van der Waals surface area contributed by atoms with E-state index >= 15 is 0 Å². The summed E-state index contributed by atoms with van der Waals surface area (Å²) in [6.45, 7) is 7.11. The van der Waals surface area contributed by atoms with Gasteiger partial charge in [-0.3, -0.25) is 9.63 Å². The molecule has 14 heavy (non-hydrogen) atoms. The molecule has 2 rings (SSSR count). The molecule has 1 aliphatic carbocycles. The van der Waals surface area contributed by atoms with Gasteiger partial charge in [-0.05, 0) is 24.7 Å². The van der Waals surface area contributed by atoms with Gasteiger partial charge < -0.3 is 5.32 Å². The highest BCUT2D eigenvalue weighted by Gasteiger charge is 2.49. The van der Waals surface area contributed by atoms with E-state index in [0.29, 0.717) is 24.0 Å². The molecular weight excluding hydrogens is 180 g/mol. The third-order valence-corrected chi connectivity index (χ3v) is 3.40. The van der Waals surface area contributed by atoms with Gasteiger partial charge >= 0.3 is 0 Å². The number of rotatable bonds is 3. The van der Waals surface area contributed by atoms with Gasteiger partial charge in [0.1, 0.15) is 6.04 Å². The lowest BCUT2D eigenvalue weighted by molar-refractivity contribution is -0.125. The predicted octanol–water partition coefficient (Wildman–Crippen LogP) is 0.441. The highest BCUT2D eigenvalue weighted by Crippen LogP contribution is 2.53. The third-order valence-electron chi connectivity index (χ3n) is 3.40. The molecule has 3 unspecified atom stereocenters. The van der Waals surface area contributed by atoms with E-state index in [-0.39, 0.29) is 11.9 Å². The van der Waals surface area contributed by atoms with Gasteiger partial charge in [-0.15, -0.1) is 0 Å². The predicted molar refractivity (Wildman–Crippen MR) is 52.4 cm³/mol. The summed E-state index contributed by atoms with van der Waals surface area (Å²) in [6.07, 6.45) is 1.25. The van der Waals surface area contributed by atoms with Gasteiger partial charge in [0.15, 0.2) is 0 Å². The highest BCUT2D eigenvalue weighted by molar-refractivity contribution is 5.82. The molecule has 1 aliphatic heterocycles. The highest BCUT2D eigenvalue weighted by atomic mass is 16.7. The average molecular weight is 198 g/mol. The molecule has 80 valence electrons. The van der Waals surface area contributed by atoms with E-state index in [9.17, 15) is 4.79 Å². The standard InChI is InChI=1S/C10H18N2O2/c1-6(7-4-10(7,2)3)11-8-5-14-12-9(8)13/h6-8,11H,4-5H2,1-3H3,(H,12,13). The van der Waals surface area contributed by atoms with Crippen LogP contribution in [0.2, 0.25) is 0 Å². The Bertz CT molecular complexity index is 253. The van der Waals surface area contributed by atoms with E-state index < -0.39 is 0 Å². The van der Waals surface area contributed by atoms with Crippen LogP contribution in [0.15, 0.2) is 0 Å². The molecule has 4 nitrogen and oxygen atoms in total. The SMILES string of the molecule is CC(NC1CONC1=O)C1CC1(C)C. The molecule has 0 aromatic carbocycles. The van der Waals surface area contributed by atoms with Crippen LogP contribution in [0.5, 0.6) is 0 Å². The number of hydrogen-bond acceptors (Lipinski definition) is 3. The van der Waals surface area contributed by atoms with Crippen molar-refractivity contribution in [3.63, 3.8) is 0 Å². The van der Waals surface area contributed by atoms with Gasteiger partial charge in [0, 0.05) is 6.04 Å². The number of nitrogens with one attached hydrogen (secondary N) is 2. The van der Waals surface area contributed by atoms with Crippen molar-refractivity contribution in [2.24, 2.45) is 11.3 Å². The first-order valence-electron chi connectivity index (χ1n) is 5.18. The quantitative estimate of drug-likeness (QED) is 0.692. The smallest absolute Gasteiger partial charge is 0.263 e. The fourth-order valence-electron chi connectivity index (χ4n) is 2.26. The number of hydrogen-bond donors (Lipinski definition) is 2. The van der Waals surface area contributed by atoms with Crippen molar-refractivity contribution in [2.45, 2.75) is 39.3 Å². The zero-order valence-corrected chi connectivity index (χ0v) is 8.96. The van der Waals surface area contributed by atoms with Crippen molar-refractivity contribution < 1.29 is 9.63 Å². The van der Waals surface area contributed by atoms with Crippen molar-refractivity contribution in [2.75, 3.05) is 6.61 Å². The van der Waals surface area contributed by atoms with Crippen LogP contribution in [-0.4, -0.2) is 24.6 Å². The molecule has 0 radical (unpaired) electrons. The third kappa shape index (κ3) is 1.77. The minimum atomic E-state index is -0.165. The van der Waals surface area contributed by atoms with Crippen LogP contribution in [0.4, 0.5) is 0 Å². The summed E-state index contributed by atoms with van der Waals surface area (Å²) in [5, 5.41) is 3.31. The van der Waals surface area contributed by atoms with Crippen molar-refractivity contribution in [3.05, 3.63) is 0 Å². The van der Waals surface area contributed by atoms with Gasteiger partial charge in [0.25, 0.3) is 5.91 Å². The summed E-state index contributed by atoms with van der Waals surface area (Å²) >= 11 is 0. The van der Waals surface area contributed by atoms with Crippen LogP contribution >= 0.6 is 0 Å². The Morgan fingerprint density at radius 1 is 1.64 bits per heavy atom. The summed E-state index contributed by atoms with van der Waals surface area (Å²) in [4.78, 5) is 16.1. The Balaban J connectivity index is 1.83.